The van der Waals surface area contributed by atoms with Crippen LogP contribution in [0.5, 0.6) is 0 Å². The second-order valence-electron chi connectivity index (χ2n) is 10.2. The van der Waals surface area contributed by atoms with Gasteiger partial charge < -0.3 is 35.9 Å². The number of hydrogen-bond acceptors (Lipinski definition) is 9. The number of nitrogens with one attached hydrogen (secondary N) is 3. The van der Waals surface area contributed by atoms with E-state index in [0.29, 0.717) is 6.54 Å². The van der Waals surface area contributed by atoms with Crippen molar-refractivity contribution in [2.24, 2.45) is 5.73 Å². The molecule has 0 saturated heterocycles. The average Bonchev–Trinajstić information content (AvgIpc) is 2.96. The highest BCUT2D eigenvalue weighted by molar-refractivity contribution is 5.85. The van der Waals surface area contributed by atoms with Crippen LogP contribution in [0.2, 0.25) is 0 Å². The molecule has 0 aliphatic heterocycles. The third-order valence-corrected chi connectivity index (χ3v) is 5.18. The lowest BCUT2D eigenvalue weighted by molar-refractivity contribution is -0.145. The molecule has 0 fully saturated rings. The van der Waals surface area contributed by atoms with E-state index in [1.165, 1.54) is 0 Å². The van der Waals surface area contributed by atoms with Gasteiger partial charge in [0.15, 0.2) is 0 Å². The van der Waals surface area contributed by atoms with Crippen molar-refractivity contribution >= 4 is 42.3 Å². The second kappa shape index (κ2) is 23.3. The van der Waals surface area contributed by atoms with Gasteiger partial charge in [-0.3, -0.25) is 19.2 Å². The molecule has 2 aromatic carbocycles. The van der Waals surface area contributed by atoms with Gasteiger partial charge in [-0.15, -0.1) is 12.4 Å². The van der Waals surface area contributed by atoms with Crippen LogP contribution in [0, 0.1) is 0 Å². The summed E-state index contributed by atoms with van der Waals surface area (Å²) < 4.78 is 15.2. The highest BCUT2D eigenvalue weighted by Gasteiger charge is 2.16. The Morgan fingerprint density at radius 2 is 1.05 bits per heavy atom. The van der Waals surface area contributed by atoms with Gasteiger partial charge in [0.05, 0.1) is 12.8 Å². The summed E-state index contributed by atoms with van der Waals surface area (Å²) in [6, 6.07) is 18.8. The summed E-state index contributed by atoms with van der Waals surface area (Å²) in [4.78, 5) is 57.0. The van der Waals surface area contributed by atoms with Gasteiger partial charge in [-0.2, -0.15) is 0 Å². The molecule has 2 aromatic rings. The summed E-state index contributed by atoms with van der Waals surface area (Å²) in [6.45, 7) is 6.71. The van der Waals surface area contributed by atoms with Gasteiger partial charge in [-0.1, -0.05) is 60.7 Å². The molecule has 0 saturated carbocycles. The van der Waals surface area contributed by atoms with Crippen molar-refractivity contribution in [3.05, 3.63) is 71.8 Å². The standard InChI is InChI=1S/C18H26N2O5.C13H18N2O3.ClH/c1-18(2,3)25-17(23)20-11-9-15(21)19-12-10-16(22)24-13-14-7-5-4-6-8-14;14-8-6-12(16)15-9-7-13(17)18-10-11-4-2-1-3-5-11;/h4-8H,9-13H2,1-3H3,(H,19,21)(H,20,23);1-5H,6-10,14H2,(H,15,16);1H. The molecular weight excluding hydrogens is 592 g/mol. The van der Waals surface area contributed by atoms with Crippen LogP contribution >= 0.6 is 12.4 Å². The molecule has 3 amide bonds. The molecule has 13 heteroatoms. The minimum absolute atomic E-state index is 0. The molecule has 0 aromatic heterocycles. The van der Waals surface area contributed by atoms with Crippen LogP contribution in [0.3, 0.4) is 0 Å². The van der Waals surface area contributed by atoms with Crippen LogP contribution in [-0.2, 0) is 46.6 Å². The lowest BCUT2D eigenvalue weighted by Gasteiger charge is -2.19. The van der Waals surface area contributed by atoms with Crippen molar-refractivity contribution in [3.8, 4) is 0 Å². The van der Waals surface area contributed by atoms with Gasteiger partial charge in [-0.25, -0.2) is 4.79 Å². The molecule has 2 rings (SSSR count). The number of halogens is 1. The highest BCUT2D eigenvalue weighted by Crippen LogP contribution is 2.06. The lowest BCUT2D eigenvalue weighted by Crippen LogP contribution is -2.35. The third-order valence-electron chi connectivity index (χ3n) is 5.18. The molecule has 0 atom stereocenters. The van der Waals surface area contributed by atoms with Crippen LogP contribution in [0.4, 0.5) is 4.79 Å². The average molecular weight is 637 g/mol. The largest absolute Gasteiger partial charge is 0.461 e. The van der Waals surface area contributed by atoms with E-state index in [1.807, 2.05) is 60.7 Å². The van der Waals surface area contributed by atoms with Crippen LogP contribution < -0.4 is 21.7 Å². The van der Waals surface area contributed by atoms with E-state index in [2.05, 4.69) is 16.0 Å². The summed E-state index contributed by atoms with van der Waals surface area (Å²) in [5.41, 5.74) is 6.50. The summed E-state index contributed by atoms with van der Waals surface area (Å²) in [7, 11) is 0. The molecule has 0 aliphatic rings. The number of amides is 3. The molecule has 5 N–H and O–H groups in total. The van der Waals surface area contributed by atoms with Crippen LogP contribution in [0.15, 0.2) is 60.7 Å². The zero-order chi connectivity index (χ0) is 31.9. The Morgan fingerprint density at radius 1 is 0.636 bits per heavy atom. The van der Waals surface area contributed by atoms with E-state index in [4.69, 9.17) is 19.9 Å². The summed E-state index contributed by atoms with van der Waals surface area (Å²) in [6.07, 6.45) is 0.0864. The number of alkyl carbamates (subject to hydrolysis) is 1. The second-order valence-corrected chi connectivity index (χ2v) is 10.2. The number of carbonyl (C=O) groups is 5. The Labute approximate surface area is 265 Å². The minimum atomic E-state index is -0.577. The molecule has 0 unspecified atom stereocenters. The van der Waals surface area contributed by atoms with Gasteiger partial charge in [0.1, 0.15) is 18.8 Å². The zero-order valence-corrected chi connectivity index (χ0v) is 26.4. The van der Waals surface area contributed by atoms with E-state index in [1.54, 1.807) is 20.8 Å². The van der Waals surface area contributed by atoms with Crippen molar-refractivity contribution in [3.63, 3.8) is 0 Å². The molecule has 0 bridgehead atoms. The normalized spacial score (nSPS) is 10.1. The smallest absolute Gasteiger partial charge is 0.407 e. The van der Waals surface area contributed by atoms with Crippen molar-refractivity contribution in [1.29, 1.82) is 0 Å². The number of carbonyl (C=O) groups excluding carboxylic acids is 5. The summed E-state index contributed by atoms with van der Waals surface area (Å²) >= 11 is 0. The van der Waals surface area contributed by atoms with E-state index < -0.39 is 11.7 Å². The third kappa shape index (κ3) is 22.4. The van der Waals surface area contributed by atoms with Crippen LogP contribution in [0.25, 0.3) is 0 Å². The predicted octanol–water partition coefficient (Wildman–Crippen LogP) is 3.16. The molecule has 12 nitrogen and oxygen atoms in total. The first-order chi connectivity index (χ1) is 20.5. The Hall–Kier alpha value is -4.16. The molecule has 244 valence electrons. The SMILES string of the molecule is CC(C)(C)OC(=O)NCCC(=O)NCCC(=O)OCc1ccccc1.Cl.NCCC(=O)NCCC(=O)OCc1ccccc1. The van der Waals surface area contributed by atoms with E-state index in [0.717, 1.165) is 11.1 Å². The fraction of sp³-hybridized carbons (Fsp3) is 0.452. The minimum Gasteiger partial charge on any atom is -0.461 e. The first-order valence-electron chi connectivity index (χ1n) is 14.1. The molecule has 0 heterocycles. The maximum atomic E-state index is 11.6. The Bertz CT molecular complexity index is 1130. The van der Waals surface area contributed by atoms with Gasteiger partial charge >= 0.3 is 18.0 Å². The Balaban J connectivity index is 0.000000863. The van der Waals surface area contributed by atoms with Crippen LogP contribution in [0.1, 0.15) is 57.6 Å². The topological polar surface area (TPSA) is 175 Å². The number of nitrogens with two attached hydrogens (primary N) is 1. The molecule has 0 spiro atoms. The highest BCUT2D eigenvalue weighted by atomic mass is 35.5. The number of rotatable bonds is 15. The Morgan fingerprint density at radius 3 is 1.45 bits per heavy atom. The van der Waals surface area contributed by atoms with Crippen molar-refractivity contribution in [1.82, 2.24) is 16.0 Å². The first kappa shape index (κ1) is 39.8. The Kier molecular flexibility index (Phi) is 21.1. The van der Waals surface area contributed by atoms with Gasteiger partial charge in [0.2, 0.25) is 11.8 Å². The molecule has 0 aliphatic carbocycles. The summed E-state index contributed by atoms with van der Waals surface area (Å²) in [5, 5.41) is 7.69. The maximum absolute atomic E-state index is 11.6. The predicted molar refractivity (Wildman–Crippen MR) is 168 cm³/mol. The lowest BCUT2D eigenvalue weighted by atomic mass is 10.2. The quantitative estimate of drug-likeness (QED) is 0.169. The number of ether oxygens (including phenoxy) is 3. The van der Waals surface area contributed by atoms with E-state index in [-0.39, 0.29) is 94.7 Å². The van der Waals surface area contributed by atoms with Gasteiger partial charge in [-0.05, 0) is 31.9 Å². The van der Waals surface area contributed by atoms with Crippen molar-refractivity contribution in [2.45, 2.75) is 65.3 Å². The van der Waals surface area contributed by atoms with E-state index in [9.17, 15) is 24.0 Å². The van der Waals surface area contributed by atoms with Crippen molar-refractivity contribution < 1.29 is 38.2 Å². The molecule has 44 heavy (non-hydrogen) atoms. The number of benzene rings is 2. The fourth-order valence-corrected chi connectivity index (χ4v) is 3.13. The van der Waals surface area contributed by atoms with Gasteiger partial charge in [0, 0.05) is 39.0 Å². The zero-order valence-electron chi connectivity index (χ0n) is 25.6. The van der Waals surface area contributed by atoms with E-state index >= 15 is 0 Å². The number of hydrogen-bond donors (Lipinski definition) is 4. The summed E-state index contributed by atoms with van der Waals surface area (Å²) in [5.74, 6) is -1.11. The fourth-order valence-electron chi connectivity index (χ4n) is 3.13. The molecule has 0 radical (unpaired) electrons. The van der Waals surface area contributed by atoms with Gasteiger partial charge in [0.25, 0.3) is 0 Å². The monoisotopic (exact) mass is 636 g/mol. The number of esters is 2. The van der Waals surface area contributed by atoms with Crippen molar-refractivity contribution in [2.75, 3.05) is 26.2 Å². The first-order valence-corrected chi connectivity index (χ1v) is 14.1. The van der Waals surface area contributed by atoms with Crippen LogP contribution in [-0.4, -0.2) is 61.6 Å². The maximum Gasteiger partial charge on any atom is 0.407 e. The molecular formula is C31H45ClN4O8.